The topological polar surface area (TPSA) is 70.1 Å². The molecule has 1 heterocycles. The maximum atomic E-state index is 13.1. The monoisotopic (exact) mass is 408 g/mol. The number of benzene rings is 2. The number of hydrazone groups is 1. The summed E-state index contributed by atoms with van der Waals surface area (Å²) in [6.45, 7) is 6.34. The first-order valence-corrected chi connectivity index (χ1v) is 10.2. The molecule has 1 fully saturated rings. The second-order valence-electron chi connectivity index (χ2n) is 8.53. The molecule has 3 aromatic rings. The lowest BCUT2D eigenvalue weighted by atomic mass is 9.65. The molecule has 0 radical (unpaired) electrons. The molecule has 1 aromatic heterocycles. The number of rotatable bonds is 4. The third kappa shape index (κ3) is 3.44. The van der Waals surface area contributed by atoms with Crippen LogP contribution >= 0.6 is 11.6 Å². The normalized spacial score (nSPS) is 23.7. The largest absolute Gasteiger partial charge is 0.342 e. The Kier molecular flexibility index (Phi) is 4.95. The molecule has 1 aliphatic carbocycles. The number of aromatic amines is 1. The summed E-state index contributed by atoms with van der Waals surface area (Å²) in [6, 6.07) is 15.3. The number of aromatic nitrogens is 2. The summed E-state index contributed by atoms with van der Waals surface area (Å²) in [6.07, 6.45) is 3.32. The standard InChI is InChI=1S/C23H25ClN4O/c1-22(2)17(20-26-18-6-4-5-7-19(18)27-20)12-13-23(22,3)21(29)28-25-14-15-8-10-16(24)11-9-15/h4-11,14,17H,12-13H2,1-3H3,(H,26,27)(H,28,29)/b25-14+. The third-order valence-electron chi connectivity index (χ3n) is 6.71. The van der Waals surface area contributed by atoms with E-state index >= 15 is 0 Å². The van der Waals surface area contributed by atoms with Crippen molar-refractivity contribution in [3.8, 4) is 0 Å². The molecule has 0 spiro atoms. The van der Waals surface area contributed by atoms with E-state index < -0.39 is 5.41 Å². The van der Waals surface area contributed by atoms with E-state index in [-0.39, 0.29) is 17.2 Å². The Labute approximate surface area is 175 Å². The van der Waals surface area contributed by atoms with Crippen LogP contribution in [0.5, 0.6) is 0 Å². The van der Waals surface area contributed by atoms with Crippen molar-refractivity contribution >= 4 is 34.8 Å². The van der Waals surface area contributed by atoms with Gasteiger partial charge in [0.15, 0.2) is 0 Å². The molecule has 2 atom stereocenters. The molecule has 5 nitrogen and oxygen atoms in total. The summed E-state index contributed by atoms with van der Waals surface area (Å²) in [5.74, 6) is 1.06. The number of hydrogen-bond donors (Lipinski definition) is 2. The van der Waals surface area contributed by atoms with Crippen LogP contribution in [0.1, 0.15) is 50.9 Å². The van der Waals surface area contributed by atoms with Gasteiger partial charge in [0.2, 0.25) is 5.91 Å². The van der Waals surface area contributed by atoms with E-state index in [1.165, 1.54) is 0 Å². The number of para-hydroxylation sites is 2. The van der Waals surface area contributed by atoms with Gasteiger partial charge in [0.1, 0.15) is 5.82 Å². The highest BCUT2D eigenvalue weighted by atomic mass is 35.5. The first-order chi connectivity index (χ1) is 13.8. The van der Waals surface area contributed by atoms with E-state index in [0.29, 0.717) is 5.02 Å². The molecule has 0 bridgehead atoms. The molecule has 0 saturated heterocycles. The number of fused-ring (bicyclic) bond motifs is 1. The molecular formula is C23H25ClN4O. The summed E-state index contributed by atoms with van der Waals surface area (Å²) >= 11 is 5.90. The van der Waals surface area contributed by atoms with Crippen molar-refractivity contribution in [1.82, 2.24) is 15.4 Å². The van der Waals surface area contributed by atoms with Gasteiger partial charge in [0, 0.05) is 10.9 Å². The molecule has 4 rings (SSSR count). The molecule has 2 N–H and O–H groups in total. The van der Waals surface area contributed by atoms with Crippen molar-refractivity contribution in [3.05, 3.63) is 64.9 Å². The van der Waals surface area contributed by atoms with Crippen LogP contribution in [0.2, 0.25) is 5.02 Å². The molecule has 0 aliphatic heterocycles. The van der Waals surface area contributed by atoms with Crippen LogP contribution in [0.3, 0.4) is 0 Å². The molecule has 2 unspecified atom stereocenters. The summed E-state index contributed by atoms with van der Waals surface area (Å²) in [5.41, 5.74) is 4.80. The Bertz CT molecular complexity index is 1040. The van der Waals surface area contributed by atoms with Gasteiger partial charge in [-0.05, 0) is 48.1 Å². The van der Waals surface area contributed by atoms with E-state index in [0.717, 1.165) is 35.3 Å². The number of nitrogens with one attached hydrogen (secondary N) is 2. The van der Waals surface area contributed by atoms with E-state index in [1.807, 2.05) is 43.3 Å². The van der Waals surface area contributed by atoms with Crippen molar-refractivity contribution in [1.29, 1.82) is 0 Å². The van der Waals surface area contributed by atoms with Crippen molar-refractivity contribution in [2.45, 2.75) is 39.5 Å². The molecule has 1 amide bonds. The van der Waals surface area contributed by atoms with Gasteiger partial charge >= 0.3 is 0 Å². The molecular weight excluding hydrogens is 384 g/mol. The number of carbonyl (C=O) groups is 1. The molecule has 1 aliphatic rings. The lowest BCUT2D eigenvalue weighted by Crippen LogP contribution is -2.45. The lowest BCUT2D eigenvalue weighted by molar-refractivity contribution is -0.135. The molecule has 2 aromatic carbocycles. The summed E-state index contributed by atoms with van der Waals surface area (Å²) < 4.78 is 0. The van der Waals surface area contributed by atoms with Gasteiger partial charge in [-0.1, -0.05) is 56.6 Å². The van der Waals surface area contributed by atoms with Gasteiger partial charge in [-0.15, -0.1) is 0 Å². The Morgan fingerprint density at radius 1 is 1.21 bits per heavy atom. The van der Waals surface area contributed by atoms with E-state index in [2.05, 4.69) is 29.4 Å². The number of carbonyl (C=O) groups excluding carboxylic acids is 1. The minimum Gasteiger partial charge on any atom is -0.342 e. The van der Waals surface area contributed by atoms with Crippen LogP contribution in [-0.4, -0.2) is 22.1 Å². The van der Waals surface area contributed by atoms with Crippen LogP contribution in [0.25, 0.3) is 11.0 Å². The van der Waals surface area contributed by atoms with Crippen LogP contribution in [-0.2, 0) is 4.79 Å². The quantitative estimate of drug-likeness (QED) is 0.455. The Morgan fingerprint density at radius 3 is 2.66 bits per heavy atom. The second-order valence-corrected chi connectivity index (χ2v) is 8.97. The van der Waals surface area contributed by atoms with E-state index in [9.17, 15) is 4.79 Å². The Hall–Kier alpha value is -2.66. The van der Waals surface area contributed by atoms with Gasteiger partial charge in [-0.3, -0.25) is 4.79 Å². The van der Waals surface area contributed by atoms with Crippen LogP contribution in [0.15, 0.2) is 53.6 Å². The number of halogens is 1. The van der Waals surface area contributed by atoms with Gasteiger partial charge in [0.05, 0.1) is 22.7 Å². The number of nitrogens with zero attached hydrogens (tertiary/aromatic N) is 2. The van der Waals surface area contributed by atoms with Gasteiger partial charge < -0.3 is 4.98 Å². The van der Waals surface area contributed by atoms with Crippen LogP contribution < -0.4 is 5.43 Å². The second kappa shape index (κ2) is 7.30. The number of imidazole rings is 1. The predicted octanol–water partition coefficient (Wildman–Crippen LogP) is 5.28. The SMILES string of the molecule is CC1(C(=O)N/N=C/c2ccc(Cl)cc2)CCC(c2nc3ccccc3[nH]2)C1(C)C. The average Bonchev–Trinajstić information content (AvgIpc) is 3.22. The Balaban J connectivity index is 1.52. The third-order valence-corrected chi connectivity index (χ3v) is 6.97. The minimum absolute atomic E-state index is 0.0636. The average molecular weight is 409 g/mol. The fraction of sp³-hybridized carbons (Fsp3) is 0.348. The smallest absolute Gasteiger partial charge is 0.246 e. The van der Waals surface area contributed by atoms with Crippen LogP contribution in [0.4, 0.5) is 0 Å². The van der Waals surface area contributed by atoms with E-state index in [1.54, 1.807) is 18.3 Å². The first kappa shape index (κ1) is 19.6. The summed E-state index contributed by atoms with van der Waals surface area (Å²) in [4.78, 5) is 21.4. The zero-order chi connectivity index (χ0) is 20.6. The number of H-pyrrole nitrogens is 1. The minimum atomic E-state index is -0.548. The lowest BCUT2D eigenvalue weighted by Gasteiger charge is -2.39. The number of hydrogen-bond acceptors (Lipinski definition) is 3. The summed E-state index contributed by atoms with van der Waals surface area (Å²) in [5, 5.41) is 4.84. The van der Waals surface area contributed by atoms with Crippen molar-refractivity contribution in [3.63, 3.8) is 0 Å². The van der Waals surface area contributed by atoms with Crippen LogP contribution in [0, 0.1) is 10.8 Å². The fourth-order valence-electron chi connectivity index (χ4n) is 4.36. The highest BCUT2D eigenvalue weighted by Gasteiger charge is 2.57. The van der Waals surface area contributed by atoms with Crippen molar-refractivity contribution < 1.29 is 4.79 Å². The Morgan fingerprint density at radius 2 is 1.93 bits per heavy atom. The molecule has 1 saturated carbocycles. The molecule has 150 valence electrons. The summed E-state index contributed by atoms with van der Waals surface area (Å²) in [7, 11) is 0. The van der Waals surface area contributed by atoms with Gasteiger partial charge in [-0.2, -0.15) is 5.10 Å². The zero-order valence-electron chi connectivity index (χ0n) is 16.9. The maximum Gasteiger partial charge on any atom is 0.246 e. The highest BCUT2D eigenvalue weighted by molar-refractivity contribution is 6.30. The highest BCUT2D eigenvalue weighted by Crippen LogP contribution is 2.59. The van der Waals surface area contributed by atoms with E-state index in [4.69, 9.17) is 16.6 Å². The number of amides is 1. The van der Waals surface area contributed by atoms with Gasteiger partial charge in [0.25, 0.3) is 0 Å². The first-order valence-electron chi connectivity index (χ1n) is 9.85. The zero-order valence-corrected chi connectivity index (χ0v) is 17.6. The molecule has 29 heavy (non-hydrogen) atoms. The van der Waals surface area contributed by atoms with Crippen molar-refractivity contribution in [2.24, 2.45) is 15.9 Å². The fourth-order valence-corrected chi connectivity index (χ4v) is 4.49. The molecule has 6 heteroatoms. The van der Waals surface area contributed by atoms with Crippen molar-refractivity contribution in [2.75, 3.05) is 0 Å². The predicted molar refractivity (Wildman–Crippen MR) is 117 cm³/mol. The maximum absolute atomic E-state index is 13.1. The van der Waals surface area contributed by atoms with Gasteiger partial charge in [-0.25, -0.2) is 10.4 Å².